The zero-order chi connectivity index (χ0) is 17.4. The highest BCUT2D eigenvalue weighted by Gasteiger charge is 2.25. The third-order valence-corrected chi connectivity index (χ3v) is 4.27. The van der Waals surface area contributed by atoms with E-state index in [9.17, 15) is 9.18 Å². The number of benzene rings is 1. The number of rotatable bonds is 10. The van der Waals surface area contributed by atoms with Gasteiger partial charge in [0.2, 0.25) is 6.41 Å². The predicted molar refractivity (Wildman–Crippen MR) is 96.8 cm³/mol. The molecule has 0 radical (unpaired) electrons. The van der Waals surface area contributed by atoms with Crippen molar-refractivity contribution in [3.63, 3.8) is 0 Å². The first-order valence-corrected chi connectivity index (χ1v) is 8.38. The van der Waals surface area contributed by atoms with Gasteiger partial charge in [-0.1, -0.05) is 37.6 Å². The van der Waals surface area contributed by atoms with Crippen molar-refractivity contribution in [2.24, 2.45) is 5.92 Å². The van der Waals surface area contributed by atoms with Crippen LogP contribution in [0.4, 0.5) is 10.1 Å². The fourth-order valence-electron chi connectivity index (χ4n) is 2.76. The average molecular weight is 328 g/mol. The Balaban J connectivity index is 2.27. The molecule has 1 atom stereocenters. The van der Waals surface area contributed by atoms with Gasteiger partial charge in [-0.3, -0.25) is 4.79 Å². The Bertz CT molecular complexity index is 620. The molecule has 1 N–H and O–H groups in total. The van der Waals surface area contributed by atoms with Gasteiger partial charge in [-0.2, -0.15) is 0 Å². The third kappa shape index (κ3) is 5.08. The Kier molecular flexibility index (Phi) is 6.79. The molecule has 2 rings (SSSR count). The lowest BCUT2D eigenvalue weighted by atomic mass is 9.98. The second-order valence-corrected chi connectivity index (χ2v) is 6.04. The molecule has 24 heavy (non-hydrogen) atoms. The van der Waals surface area contributed by atoms with Gasteiger partial charge in [0, 0.05) is 6.20 Å². The van der Waals surface area contributed by atoms with E-state index in [1.807, 2.05) is 36.3 Å². The summed E-state index contributed by atoms with van der Waals surface area (Å²) in [6, 6.07) is 4.96. The molecule has 0 aromatic heterocycles. The van der Waals surface area contributed by atoms with Crippen molar-refractivity contribution in [2.75, 3.05) is 5.32 Å². The maximum absolute atomic E-state index is 13.8. The molecule has 0 saturated heterocycles. The van der Waals surface area contributed by atoms with E-state index in [2.05, 4.69) is 11.9 Å². The normalized spacial score (nSPS) is 15.6. The monoisotopic (exact) mass is 328 g/mol. The molecule has 0 bridgehead atoms. The van der Waals surface area contributed by atoms with Crippen LogP contribution in [0.2, 0.25) is 0 Å². The van der Waals surface area contributed by atoms with Gasteiger partial charge < -0.3 is 10.2 Å². The third-order valence-electron chi connectivity index (χ3n) is 4.27. The number of nitrogens with one attached hydrogen (secondary N) is 1. The average Bonchev–Trinajstić information content (AvgIpc) is 3.40. The first-order valence-electron chi connectivity index (χ1n) is 8.38. The highest BCUT2D eigenvalue weighted by molar-refractivity contribution is 5.71. The van der Waals surface area contributed by atoms with E-state index in [1.165, 1.54) is 18.9 Å². The number of anilines is 1. The first kappa shape index (κ1) is 18.0. The van der Waals surface area contributed by atoms with Crippen LogP contribution in [-0.2, 0) is 4.79 Å². The zero-order valence-electron chi connectivity index (χ0n) is 14.1. The van der Waals surface area contributed by atoms with E-state index in [1.54, 1.807) is 18.3 Å². The van der Waals surface area contributed by atoms with Crippen molar-refractivity contribution in [3.05, 3.63) is 66.8 Å². The zero-order valence-corrected chi connectivity index (χ0v) is 14.1. The lowest BCUT2D eigenvalue weighted by molar-refractivity contribution is -0.105. The van der Waals surface area contributed by atoms with Gasteiger partial charge in [0.1, 0.15) is 5.82 Å². The van der Waals surface area contributed by atoms with Crippen molar-refractivity contribution in [1.29, 1.82) is 0 Å². The minimum atomic E-state index is -0.429. The molecule has 0 spiro atoms. The number of amides is 1. The molecule has 3 nitrogen and oxygen atoms in total. The summed E-state index contributed by atoms with van der Waals surface area (Å²) >= 11 is 0. The van der Waals surface area contributed by atoms with Gasteiger partial charge in [-0.25, -0.2) is 4.39 Å². The molecule has 1 aromatic carbocycles. The number of halogens is 1. The van der Waals surface area contributed by atoms with E-state index in [-0.39, 0.29) is 11.7 Å². The molecule has 1 aromatic rings. The van der Waals surface area contributed by atoms with Gasteiger partial charge in [0.25, 0.3) is 0 Å². The second kappa shape index (κ2) is 9.06. The number of nitrogens with zero attached hydrogens (tertiary/aromatic N) is 1. The summed E-state index contributed by atoms with van der Waals surface area (Å²) in [5.41, 5.74) is 1.17. The topological polar surface area (TPSA) is 32.3 Å². The smallest absolute Gasteiger partial charge is 0.211 e. The van der Waals surface area contributed by atoms with E-state index < -0.39 is 5.82 Å². The molecule has 1 aliphatic rings. The largest absolute Gasteiger partial charge is 0.347 e. The van der Waals surface area contributed by atoms with Crippen LogP contribution >= 0.6 is 0 Å². The molecule has 4 heteroatoms. The summed E-state index contributed by atoms with van der Waals surface area (Å²) < 4.78 is 13.8. The van der Waals surface area contributed by atoms with Gasteiger partial charge in [-0.05, 0) is 55.7 Å². The summed E-state index contributed by atoms with van der Waals surface area (Å²) in [6.45, 7) is 5.87. The van der Waals surface area contributed by atoms with Crippen molar-refractivity contribution >= 4 is 12.1 Å². The van der Waals surface area contributed by atoms with Crippen LogP contribution in [0.1, 0.15) is 44.2 Å². The van der Waals surface area contributed by atoms with E-state index in [0.29, 0.717) is 6.41 Å². The summed E-state index contributed by atoms with van der Waals surface area (Å²) in [5.74, 6) is 0.383. The fraction of sp³-hybridized carbons (Fsp3) is 0.350. The Morgan fingerprint density at radius 2 is 2.21 bits per heavy atom. The van der Waals surface area contributed by atoms with Gasteiger partial charge in [0.15, 0.2) is 0 Å². The maximum Gasteiger partial charge on any atom is 0.211 e. The standard InChI is InChI=1S/C20H25FN2O/c1-3-5-6-13-23(4-2)20(12-9-16-7-8-16)17-10-11-18(21)19(14-17)22-15-24/h3-6,10-11,13-16,20H,2,7-9,12H2,1H3,(H,22,24)/b5-3-,13-6-. The summed E-state index contributed by atoms with van der Waals surface area (Å²) in [7, 11) is 0. The Morgan fingerprint density at radius 1 is 1.42 bits per heavy atom. The summed E-state index contributed by atoms with van der Waals surface area (Å²) in [5, 5.41) is 2.43. The van der Waals surface area contributed by atoms with Crippen LogP contribution in [0.15, 0.2) is 55.4 Å². The molecular weight excluding hydrogens is 303 g/mol. The molecule has 0 aliphatic heterocycles. The lowest BCUT2D eigenvalue weighted by Gasteiger charge is -2.28. The number of allylic oxidation sites excluding steroid dienone is 3. The Hall–Kier alpha value is -2.36. The maximum atomic E-state index is 13.8. The highest BCUT2D eigenvalue weighted by atomic mass is 19.1. The second-order valence-electron chi connectivity index (χ2n) is 6.04. The molecular formula is C20H25FN2O. The molecule has 128 valence electrons. The van der Waals surface area contributed by atoms with Crippen molar-refractivity contribution in [3.8, 4) is 0 Å². The van der Waals surface area contributed by atoms with Gasteiger partial charge >= 0.3 is 0 Å². The number of hydrogen-bond donors (Lipinski definition) is 1. The number of carbonyl (C=O) groups excluding carboxylic acids is 1. The van der Waals surface area contributed by atoms with Crippen LogP contribution in [0.5, 0.6) is 0 Å². The number of hydrogen-bond acceptors (Lipinski definition) is 2. The van der Waals surface area contributed by atoms with Crippen LogP contribution < -0.4 is 5.32 Å². The van der Waals surface area contributed by atoms with Crippen LogP contribution in [-0.4, -0.2) is 11.3 Å². The molecule has 1 saturated carbocycles. The summed E-state index contributed by atoms with van der Waals surface area (Å²) in [6.07, 6.45) is 14.8. The van der Waals surface area contributed by atoms with Crippen molar-refractivity contribution in [1.82, 2.24) is 4.90 Å². The van der Waals surface area contributed by atoms with Crippen molar-refractivity contribution < 1.29 is 9.18 Å². The Morgan fingerprint density at radius 3 is 2.83 bits per heavy atom. The molecule has 1 fully saturated rings. The van der Waals surface area contributed by atoms with Gasteiger partial charge in [-0.15, -0.1) is 0 Å². The van der Waals surface area contributed by atoms with E-state index >= 15 is 0 Å². The minimum Gasteiger partial charge on any atom is -0.347 e. The molecule has 1 aliphatic carbocycles. The van der Waals surface area contributed by atoms with Gasteiger partial charge in [0.05, 0.1) is 11.7 Å². The first-order chi connectivity index (χ1) is 11.7. The molecule has 1 amide bonds. The lowest BCUT2D eigenvalue weighted by Crippen LogP contribution is -2.18. The predicted octanol–water partition coefficient (Wildman–Crippen LogP) is 5.16. The molecule has 0 heterocycles. The van der Waals surface area contributed by atoms with Crippen molar-refractivity contribution in [2.45, 2.75) is 38.6 Å². The van der Waals surface area contributed by atoms with Crippen LogP contribution in [0.25, 0.3) is 0 Å². The van der Waals surface area contributed by atoms with Crippen LogP contribution in [0, 0.1) is 11.7 Å². The summed E-state index contributed by atoms with van der Waals surface area (Å²) in [4.78, 5) is 12.7. The molecule has 1 unspecified atom stereocenters. The Labute approximate surface area is 143 Å². The van der Waals surface area contributed by atoms with E-state index in [0.717, 1.165) is 24.3 Å². The minimum absolute atomic E-state index is 0.0670. The SMILES string of the molecule is C=CN(/C=C\C=C/C)C(CCC1CC1)c1ccc(F)c(NC=O)c1. The van der Waals surface area contributed by atoms with Crippen LogP contribution in [0.3, 0.4) is 0 Å². The quantitative estimate of drug-likeness (QED) is 0.475. The highest BCUT2D eigenvalue weighted by Crippen LogP contribution is 2.38. The number of carbonyl (C=O) groups is 1. The van der Waals surface area contributed by atoms with E-state index in [4.69, 9.17) is 0 Å². The fourth-order valence-corrected chi connectivity index (χ4v) is 2.76.